The molecule has 0 aliphatic rings. The topological polar surface area (TPSA) is 17.1 Å². The summed E-state index contributed by atoms with van der Waals surface area (Å²) in [4.78, 5) is 12.1. The van der Waals surface area contributed by atoms with Crippen molar-refractivity contribution in [2.24, 2.45) is 16.7 Å². The molecule has 0 aromatic carbocycles. The molecule has 0 heterocycles. The highest BCUT2D eigenvalue weighted by Gasteiger charge is 2.41. The molecule has 0 atom stereocenters. The van der Waals surface area contributed by atoms with Gasteiger partial charge in [0.05, 0.1) is 0 Å². The summed E-state index contributed by atoms with van der Waals surface area (Å²) < 4.78 is 0. The minimum Gasteiger partial charge on any atom is -0.299 e. The standard InChI is InChI=1S/C13H26O/c1-8-12(4,5)13(6,7)11(14)9-10(2)3/h10H,8-9H2,1-7H3. The van der Waals surface area contributed by atoms with Gasteiger partial charge in [-0.3, -0.25) is 4.79 Å². The molecule has 0 saturated carbocycles. The maximum absolute atomic E-state index is 12.1. The van der Waals surface area contributed by atoms with E-state index in [2.05, 4.69) is 48.5 Å². The van der Waals surface area contributed by atoms with Crippen LogP contribution in [0, 0.1) is 16.7 Å². The highest BCUT2D eigenvalue weighted by atomic mass is 16.1. The van der Waals surface area contributed by atoms with Crippen LogP contribution in [-0.4, -0.2) is 5.78 Å². The van der Waals surface area contributed by atoms with E-state index in [1.807, 2.05) is 0 Å². The fourth-order valence-corrected chi connectivity index (χ4v) is 1.45. The van der Waals surface area contributed by atoms with Gasteiger partial charge in [-0.2, -0.15) is 0 Å². The molecular formula is C13H26O. The predicted octanol–water partition coefficient (Wildman–Crippen LogP) is 4.06. The summed E-state index contributed by atoms with van der Waals surface area (Å²) in [5.41, 5.74) is -0.106. The molecular weight excluding hydrogens is 172 g/mol. The summed E-state index contributed by atoms with van der Waals surface area (Å²) in [7, 11) is 0. The van der Waals surface area contributed by atoms with Crippen LogP contribution in [-0.2, 0) is 4.79 Å². The van der Waals surface area contributed by atoms with Crippen molar-refractivity contribution in [3.05, 3.63) is 0 Å². The van der Waals surface area contributed by atoms with Crippen LogP contribution in [0.2, 0.25) is 0 Å². The zero-order valence-corrected chi connectivity index (χ0v) is 10.9. The van der Waals surface area contributed by atoms with Gasteiger partial charge in [0.1, 0.15) is 5.78 Å². The summed E-state index contributed by atoms with van der Waals surface area (Å²) in [5.74, 6) is 0.869. The van der Waals surface area contributed by atoms with Gasteiger partial charge in [0.25, 0.3) is 0 Å². The molecule has 84 valence electrons. The van der Waals surface area contributed by atoms with Gasteiger partial charge in [-0.15, -0.1) is 0 Å². The number of hydrogen-bond acceptors (Lipinski definition) is 1. The zero-order chi connectivity index (χ0) is 11.6. The monoisotopic (exact) mass is 198 g/mol. The van der Waals surface area contributed by atoms with E-state index in [1.165, 1.54) is 0 Å². The molecule has 0 fully saturated rings. The quantitative estimate of drug-likeness (QED) is 0.651. The summed E-state index contributed by atoms with van der Waals surface area (Å²) in [6.07, 6.45) is 1.75. The first-order chi connectivity index (χ1) is 6.15. The number of rotatable bonds is 5. The summed E-state index contributed by atoms with van der Waals surface area (Å²) in [6, 6.07) is 0. The molecule has 0 aromatic rings. The molecule has 0 radical (unpaired) electrons. The van der Waals surface area contributed by atoms with Crippen LogP contribution >= 0.6 is 0 Å². The lowest BCUT2D eigenvalue weighted by atomic mass is 9.63. The van der Waals surface area contributed by atoms with Crippen molar-refractivity contribution in [2.75, 3.05) is 0 Å². The highest BCUT2D eigenvalue weighted by molar-refractivity contribution is 5.85. The van der Waals surface area contributed by atoms with Gasteiger partial charge in [0, 0.05) is 11.8 Å². The number of Topliss-reactive ketones (excluding diaryl/α,β-unsaturated/α-hetero) is 1. The van der Waals surface area contributed by atoms with E-state index < -0.39 is 0 Å². The van der Waals surface area contributed by atoms with Crippen LogP contribution < -0.4 is 0 Å². The Morgan fingerprint density at radius 2 is 1.57 bits per heavy atom. The van der Waals surface area contributed by atoms with Gasteiger partial charge in [-0.25, -0.2) is 0 Å². The molecule has 0 bridgehead atoms. The lowest BCUT2D eigenvalue weighted by molar-refractivity contribution is -0.134. The Labute approximate surface area is 89.3 Å². The van der Waals surface area contributed by atoms with E-state index in [1.54, 1.807) is 0 Å². The summed E-state index contributed by atoms with van der Waals surface area (Å²) in [6.45, 7) is 14.9. The first-order valence-electron chi connectivity index (χ1n) is 5.68. The fourth-order valence-electron chi connectivity index (χ4n) is 1.45. The maximum Gasteiger partial charge on any atom is 0.139 e. The molecule has 1 nitrogen and oxygen atoms in total. The molecule has 0 saturated heterocycles. The van der Waals surface area contributed by atoms with Crippen molar-refractivity contribution in [2.45, 2.75) is 61.3 Å². The molecule has 0 unspecified atom stereocenters. The zero-order valence-electron chi connectivity index (χ0n) is 10.9. The highest BCUT2D eigenvalue weighted by Crippen LogP contribution is 2.42. The van der Waals surface area contributed by atoms with E-state index in [0.717, 1.165) is 6.42 Å². The number of ketones is 1. The second-order valence-electron chi connectivity index (χ2n) is 5.88. The lowest BCUT2D eigenvalue weighted by Crippen LogP contribution is -2.39. The Kier molecular flexibility index (Phi) is 4.35. The van der Waals surface area contributed by atoms with Crippen LogP contribution in [0.15, 0.2) is 0 Å². The average Bonchev–Trinajstić information content (AvgIpc) is 2.02. The van der Waals surface area contributed by atoms with E-state index in [4.69, 9.17) is 0 Å². The lowest BCUT2D eigenvalue weighted by Gasteiger charge is -2.40. The van der Waals surface area contributed by atoms with E-state index in [-0.39, 0.29) is 10.8 Å². The van der Waals surface area contributed by atoms with E-state index in [0.29, 0.717) is 18.1 Å². The van der Waals surface area contributed by atoms with Crippen molar-refractivity contribution in [3.8, 4) is 0 Å². The van der Waals surface area contributed by atoms with Gasteiger partial charge in [-0.1, -0.05) is 54.9 Å². The Bertz CT molecular complexity index is 199. The fraction of sp³-hybridized carbons (Fsp3) is 0.923. The normalized spacial score (nSPS) is 13.4. The van der Waals surface area contributed by atoms with Gasteiger partial charge in [-0.05, 0) is 11.3 Å². The third kappa shape index (κ3) is 2.83. The predicted molar refractivity (Wildman–Crippen MR) is 62.3 cm³/mol. The first-order valence-corrected chi connectivity index (χ1v) is 5.68. The average molecular weight is 198 g/mol. The minimum atomic E-state index is -0.202. The van der Waals surface area contributed by atoms with Crippen LogP contribution in [0.4, 0.5) is 0 Å². The van der Waals surface area contributed by atoms with Crippen LogP contribution in [0.5, 0.6) is 0 Å². The molecule has 1 heteroatoms. The van der Waals surface area contributed by atoms with E-state index in [9.17, 15) is 4.79 Å². The molecule has 14 heavy (non-hydrogen) atoms. The SMILES string of the molecule is CCC(C)(C)C(C)(C)C(=O)CC(C)C. The number of hydrogen-bond donors (Lipinski definition) is 0. The first kappa shape index (κ1) is 13.7. The molecule has 0 aliphatic carbocycles. The van der Waals surface area contributed by atoms with Crippen molar-refractivity contribution in [3.63, 3.8) is 0 Å². The minimum absolute atomic E-state index is 0.0962. The van der Waals surface area contributed by atoms with Gasteiger partial charge in [0.15, 0.2) is 0 Å². The van der Waals surface area contributed by atoms with E-state index >= 15 is 0 Å². The molecule has 0 aliphatic heterocycles. The molecule has 0 spiro atoms. The number of carbonyl (C=O) groups excluding carboxylic acids is 1. The van der Waals surface area contributed by atoms with Gasteiger partial charge >= 0.3 is 0 Å². The van der Waals surface area contributed by atoms with Crippen molar-refractivity contribution in [1.29, 1.82) is 0 Å². The molecule has 0 amide bonds. The Balaban J connectivity index is 4.69. The van der Waals surface area contributed by atoms with Crippen LogP contribution in [0.25, 0.3) is 0 Å². The largest absolute Gasteiger partial charge is 0.299 e. The van der Waals surface area contributed by atoms with Crippen molar-refractivity contribution >= 4 is 5.78 Å². The summed E-state index contributed by atoms with van der Waals surface area (Å²) in [5, 5.41) is 0. The molecule has 0 rings (SSSR count). The number of carbonyl (C=O) groups is 1. The third-order valence-corrected chi connectivity index (χ3v) is 3.87. The third-order valence-electron chi connectivity index (χ3n) is 3.87. The smallest absolute Gasteiger partial charge is 0.139 e. The second-order valence-corrected chi connectivity index (χ2v) is 5.88. The van der Waals surface area contributed by atoms with Crippen LogP contribution in [0.1, 0.15) is 61.3 Å². The Morgan fingerprint density at radius 1 is 1.14 bits per heavy atom. The Morgan fingerprint density at radius 3 is 1.86 bits per heavy atom. The van der Waals surface area contributed by atoms with Crippen LogP contribution in [0.3, 0.4) is 0 Å². The maximum atomic E-state index is 12.1. The van der Waals surface area contributed by atoms with Crippen molar-refractivity contribution < 1.29 is 4.79 Å². The van der Waals surface area contributed by atoms with Gasteiger partial charge in [0.2, 0.25) is 0 Å². The molecule has 0 N–H and O–H groups in total. The van der Waals surface area contributed by atoms with Gasteiger partial charge < -0.3 is 0 Å². The second kappa shape index (κ2) is 4.46. The summed E-state index contributed by atoms with van der Waals surface area (Å²) >= 11 is 0. The molecule has 0 aromatic heterocycles. The van der Waals surface area contributed by atoms with Crippen molar-refractivity contribution in [1.82, 2.24) is 0 Å². The Hall–Kier alpha value is -0.330.